The Morgan fingerprint density at radius 2 is 1.71 bits per heavy atom. The number of halogens is 3. The monoisotopic (exact) mass is 400 g/mol. The second-order valence-corrected chi connectivity index (χ2v) is 7.51. The van der Waals surface area contributed by atoms with Crippen LogP contribution in [0.3, 0.4) is 0 Å². The number of rotatable bonds is 6. The van der Waals surface area contributed by atoms with Crippen molar-refractivity contribution in [1.82, 2.24) is 10.2 Å². The topological polar surface area (TPSA) is 58.6 Å². The van der Waals surface area contributed by atoms with E-state index in [4.69, 9.17) is 4.74 Å². The predicted octanol–water partition coefficient (Wildman–Crippen LogP) is 3.48. The van der Waals surface area contributed by atoms with Crippen molar-refractivity contribution in [2.45, 2.75) is 45.8 Å². The van der Waals surface area contributed by atoms with Crippen LogP contribution in [0.15, 0.2) is 24.3 Å². The Morgan fingerprint density at radius 1 is 1.14 bits per heavy atom. The summed E-state index contributed by atoms with van der Waals surface area (Å²) in [4.78, 5) is 26.2. The molecule has 1 aliphatic heterocycles. The van der Waals surface area contributed by atoms with Crippen molar-refractivity contribution in [3.63, 3.8) is 0 Å². The van der Waals surface area contributed by atoms with Crippen molar-refractivity contribution >= 4 is 11.8 Å². The van der Waals surface area contributed by atoms with E-state index in [2.05, 4.69) is 5.32 Å². The van der Waals surface area contributed by atoms with Crippen LogP contribution in [0.1, 0.15) is 39.2 Å². The molecule has 0 saturated carbocycles. The highest BCUT2D eigenvalue weighted by atomic mass is 19.4. The molecule has 1 aromatic carbocycles. The third kappa shape index (κ3) is 6.14. The molecule has 156 valence electrons. The molecule has 0 bridgehead atoms. The molecular weight excluding hydrogens is 373 g/mol. The number of amides is 2. The summed E-state index contributed by atoms with van der Waals surface area (Å²) in [5, 5.41) is 3.01. The van der Waals surface area contributed by atoms with E-state index in [1.807, 2.05) is 20.8 Å². The van der Waals surface area contributed by atoms with Gasteiger partial charge < -0.3 is 15.0 Å². The number of nitrogens with one attached hydrogen (secondary N) is 1. The lowest BCUT2D eigenvalue weighted by Crippen LogP contribution is -2.46. The number of nitrogens with zero attached hydrogens (tertiary/aromatic N) is 1. The fraction of sp³-hybridized carbons (Fsp3) is 0.600. The smallest absolute Gasteiger partial charge is 0.416 e. The molecule has 1 unspecified atom stereocenters. The quantitative estimate of drug-likeness (QED) is 0.795. The Hall–Kier alpha value is -2.25. The van der Waals surface area contributed by atoms with Gasteiger partial charge in [-0.2, -0.15) is 13.2 Å². The number of ether oxygens (including phenoxy) is 1. The number of hydrogen-bond acceptors (Lipinski definition) is 3. The first kappa shape index (κ1) is 22.0. The van der Waals surface area contributed by atoms with Gasteiger partial charge in [-0.3, -0.25) is 9.59 Å². The van der Waals surface area contributed by atoms with E-state index in [1.54, 1.807) is 4.90 Å². The number of hydrogen-bond donors (Lipinski definition) is 1. The molecule has 1 N–H and O–H groups in total. The molecule has 1 heterocycles. The van der Waals surface area contributed by atoms with Gasteiger partial charge in [0.05, 0.1) is 5.56 Å². The molecule has 2 amide bonds. The molecule has 1 aliphatic rings. The zero-order valence-corrected chi connectivity index (χ0v) is 16.4. The number of benzene rings is 1. The van der Waals surface area contributed by atoms with E-state index in [1.165, 1.54) is 12.1 Å². The molecular formula is C20H27F3N2O3. The van der Waals surface area contributed by atoms with E-state index < -0.39 is 11.7 Å². The number of carbonyl (C=O) groups is 2. The Morgan fingerprint density at radius 3 is 2.21 bits per heavy atom. The van der Waals surface area contributed by atoms with Crippen molar-refractivity contribution in [2.24, 2.45) is 11.8 Å². The summed E-state index contributed by atoms with van der Waals surface area (Å²) < 4.78 is 42.9. The predicted molar refractivity (Wildman–Crippen MR) is 98.7 cm³/mol. The Bertz CT molecular complexity index is 666. The zero-order valence-electron chi connectivity index (χ0n) is 16.4. The molecule has 0 aliphatic carbocycles. The second-order valence-electron chi connectivity index (χ2n) is 7.51. The van der Waals surface area contributed by atoms with Crippen molar-refractivity contribution in [1.29, 1.82) is 0 Å². The summed E-state index contributed by atoms with van der Waals surface area (Å²) >= 11 is 0. The van der Waals surface area contributed by atoms with Crippen molar-refractivity contribution in [2.75, 3.05) is 19.7 Å². The van der Waals surface area contributed by atoms with E-state index in [-0.39, 0.29) is 36.1 Å². The van der Waals surface area contributed by atoms with E-state index in [0.717, 1.165) is 12.1 Å². The van der Waals surface area contributed by atoms with Crippen LogP contribution in [0, 0.1) is 11.8 Å². The summed E-state index contributed by atoms with van der Waals surface area (Å²) in [7, 11) is 0. The standard InChI is InChI=1S/C20H27F3N2O3/c1-13(2)14(3)24-19(27)15-8-10-25(11-9-15)18(26)12-28-17-6-4-16(5-7-17)20(21,22)23/h4-7,13-15H,8-12H2,1-3H3,(H,24,27). The third-order valence-electron chi connectivity index (χ3n) is 5.13. The summed E-state index contributed by atoms with van der Waals surface area (Å²) in [5.41, 5.74) is -0.765. The lowest BCUT2D eigenvalue weighted by Gasteiger charge is -2.32. The van der Waals surface area contributed by atoms with Gasteiger partial charge in [0.2, 0.25) is 5.91 Å². The van der Waals surface area contributed by atoms with E-state index in [9.17, 15) is 22.8 Å². The molecule has 8 heteroatoms. The second kappa shape index (κ2) is 9.30. The largest absolute Gasteiger partial charge is 0.484 e. The Kier molecular flexibility index (Phi) is 7.32. The fourth-order valence-corrected chi connectivity index (χ4v) is 2.88. The number of likely N-dealkylation sites (tertiary alicyclic amines) is 1. The maximum Gasteiger partial charge on any atom is 0.416 e. The molecule has 1 fully saturated rings. The Labute approximate surface area is 163 Å². The fourth-order valence-electron chi connectivity index (χ4n) is 2.88. The molecule has 28 heavy (non-hydrogen) atoms. The van der Waals surface area contributed by atoms with Crippen molar-refractivity contribution in [3.8, 4) is 5.75 Å². The maximum absolute atomic E-state index is 12.5. The number of alkyl halides is 3. The lowest BCUT2D eigenvalue weighted by molar-refractivity contribution is -0.138. The molecule has 1 atom stereocenters. The van der Waals surface area contributed by atoms with Crippen LogP contribution in [-0.4, -0.2) is 42.5 Å². The molecule has 0 spiro atoms. The van der Waals surface area contributed by atoms with Gasteiger partial charge in [0, 0.05) is 25.0 Å². The highest BCUT2D eigenvalue weighted by Gasteiger charge is 2.30. The number of carbonyl (C=O) groups excluding carboxylic acids is 2. The first-order valence-electron chi connectivity index (χ1n) is 9.46. The van der Waals surface area contributed by atoms with Crippen LogP contribution in [0.25, 0.3) is 0 Å². The van der Waals surface area contributed by atoms with Crippen LogP contribution in [0.4, 0.5) is 13.2 Å². The van der Waals surface area contributed by atoms with Crippen LogP contribution in [0.5, 0.6) is 5.75 Å². The van der Waals surface area contributed by atoms with Crippen LogP contribution >= 0.6 is 0 Å². The van der Waals surface area contributed by atoms with Gasteiger partial charge in [-0.25, -0.2) is 0 Å². The third-order valence-corrected chi connectivity index (χ3v) is 5.13. The van der Waals surface area contributed by atoms with Gasteiger partial charge in [0.25, 0.3) is 5.91 Å². The number of piperidine rings is 1. The summed E-state index contributed by atoms with van der Waals surface area (Å²) in [5.74, 6) is 0.232. The summed E-state index contributed by atoms with van der Waals surface area (Å²) in [6.45, 7) is 6.74. The Balaban J connectivity index is 1.77. The van der Waals surface area contributed by atoms with Crippen LogP contribution in [0.2, 0.25) is 0 Å². The lowest BCUT2D eigenvalue weighted by atomic mass is 9.95. The molecule has 5 nitrogen and oxygen atoms in total. The van der Waals surface area contributed by atoms with Gasteiger partial charge in [-0.05, 0) is 49.9 Å². The van der Waals surface area contributed by atoms with Gasteiger partial charge in [-0.1, -0.05) is 13.8 Å². The van der Waals surface area contributed by atoms with Crippen LogP contribution < -0.4 is 10.1 Å². The van der Waals surface area contributed by atoms with Crippen LogP contribution in [-0.2, 0) is 15.8 Å². The minimum Gasteiger partial charge on any atom is -0.484 e. The highest BCUT2D eigenvalue weighted by molar-refractivity contribution is 5.80. The molecule has 1 saturated heterocycles. The normalized spacial score (nSPS) is 16.8. The first-order chi connectivity index (χ1) is 13.1. The molecule has 0 radical (unpaired) electrons. The average Bonchev–Trinajstić information content (AvgIpc) is 2.65. The molecule has 2 rings (SSSR count). The van der Waals surface area contributed by atoms with Crippen molar-refractivity contribution in [3.05, 3.63) is 29.8 Å². The highest BCUT2D eigenvalue weighted by Crippen LogP contribution is 2.30. The summed E-state index contributed by atoms with van der Waals surface area (Å²) in [6, 6.07) is 4.33. The van der Waals surface area contributed by atoms with Gasteiger partial charge in [-0.15, -0.1) is 0 Å². The summed E-state index contributed by atoms with van der Waals surface area (Å²) in [6.07, 6.45) is -3.23. The van der Waals surface area contributed by atoms with Gasteiger partial charge >= 0.3 is 6.18 Å². The minimum atomic E-state index is -4.40. The molecule has 0 aromatic heterocycles. The first-order valence-corrected chi connectivity index (χ1v) is 9.46. The maximum atomic E-state index is 12.5. The molecule has 1 aromatic rings. The minimum absolute atomic E-state index is 0.0225. The van der Waals surface area contributed by atoms with Gasteiger partial charge in [0.1, 0.15) is 5.75 Å². The van der Waals surface area contributed by atoms with E-state index >= 15 is 0 Å². The van der Waals surface area contributed by atoms with E-state index in [0.29, 0.717) is 31.8 Å². The van der Waals surface area contributed by atoms with Gasteiger partial charge in [0.15, 0.2) is 6.61 Å². The van der Waals surface area contributed by atoms with Crippen molar-refractivity contribution < 1.29 is 27.5 Å². The zero-order chi connectivity index (χ0) is 20.9. The SMILES string of the molecule is CC(C)C(C)NC(=O)C1CCN(C(=O)COc2ccc(C(F)(F)F)cc2)CC1. The average molecular weight is 400 g/mol.